The molecule has 1 aromatic heterocycles. The van der Waals surface area contributed by atoms with Crippen LogP contribution < -0.4 is 4.72 Å². The summed E-state index contributed by atoms with van der Waals surface area (Å²) in [6.45, 7) is 5.07. The van der Waals surface area contributed by atoms with E-state index in [-0.39, 0.29) is 12.4 Å². The van der Waals surface area contributed by atoms with Crippen molar-refractivity contribution in [1.29, 1.82) is 0 Å². The van der Waals surface area contributed by atoms with Gasteiger partial charge >= 0.3 is 0 Å². The lowest BCUT2D eigenvalue weighted by atomic mass is 10.1. The van der Waals surface area contributed by atoms with Gasteiger partial charge in [-0.2, -0.15) is 5.10 Å². The molecule has 0 aliphatic carbocycles. The first-order valence-corrected chi connectivity index (χ1v) is 9.67. The summed E-state index contributed by atoms with van der Waals surface area (Å²) >= 11 is 0. The Kier molecular flexibility index (Phi) is 4.71. The molecule has 2 aromatic rings. The van der Waals surface area contributed by atoms with E-state index in [4.69, 9.17) is 0 Å². The Balaban J connectivity index is 1.65. The molecule has 0 bridgehead atoms. The molecule has 0 radical (unpaired) electrons. The molecular formula is C16H21FN4O2S. The predicted molar refractivity (Wildman–Crippen MR) is 89.2 cm³/mol. The normalized spacial score (nSPS) is 15.5. The number of halogens is 1. The summed E-state index contributed by atoms with van der Waals surface area (Å²) < 4.78 is 40.1. The van der Waals surface area contributed by atoms with Crippen LogP contribution in [0.5, 0.6) is 0 Å². The number of nitrogens with zero attached hydrogens (tertiary/aromatic N) is 3. The van der Waals surface area contributed by atoms with Crippen LogP contribution in [0.25, 0.3) is 0 Å². The SMILES string of the molecule is Cc1cc(CN2CCn3nc(CNS(C)(=O)=O)cc3C2)ccc1F. The summed E-state index contributed by atoms with van der Waals surface area (Å²) in [6.07, 6.45) is 1.13. The number of fused-ring (bicyclic) bond motifs is 1. The van der Waals surface area contributed by atoms with E-state index in [2.05, 4.69) is 14.7 Å². The van der Waals surface area contributed by atoms with E-state index in [1.165, 1.54) is 6.07 Å². The number of hydrogen-bond donors (Lipinski definition) is 1. The fourth-order valence-corrected chi connectivity index (χ4v) is 3.28. The topological polar surface area (TPSA) is 67.2 Å². The number of benzene rings is 1. The van der Waals surface area contributed by atoms with Crippen molar-refractivity contribution < 1.29 is 12.8 Å². The minimum atomic E-state index is -3.22. The fourth-order valence-electron chi connectivity index (χ4n) is 2.87. The molecule has 8 heteroatoms. The van der Waals surface area contributed by atoms with Crippen LogP contribution in [0.2, 0.25) is 0 Å². The second-order valence-corrected chi connectivity index (χ2v) is 8.07. The minimum absolute atomic E-state index is 0.182. The molecule has 1 aromatic carbocycles. The van der Waals surface area contributed by atoms with Gasteiger partial charge in [0.1, 0.15) is 5.82 Å². The molecule has 0 saturated heterocycles. The van der Waals surface area contributed by atoms with Crippen LogP contribution in [0.1, 0.15) is 22.5 Å². The third-order valence-corrected chi connectivity index (χ3v) is 4.74. The van der Waals surface area contributed by atoms with Crippen molar-refractivity contribution in [1.82, 2.24) is 19.4 Å². The van der Waals surface area contributed by atoms with Crippen LogP contribution in [0.3, 0.4) is 0 Å². The lowest BCUT2D eigenvalue weighted by molar-refractivity contribution is 0.205. The summed E-state index contributed by atoms with van der Waals surface area (Å²) in [5.74, 6) is -0.182. The van der Waals surface area contributed by atoms with E-state index in [0.717, 1.165) is 49.4 Å². The highest BCUT2D eigenvalue weighted by Crippen LogP contribution is 2.18. The van der Waals surface area contributed by atoms with Crippen molar-refractivity contribution in [2.24, 2.45) is 0 Å². The maximum absolute atomic E-state index is 13.4. The van der Waals surface area contributed by atoms with Crippen LogP contribution >= 0.6 is 0 Å². The smallest absolute Gasteiger partial charge is 0.209 e. The standard InChI is InChI=1S/C16H21FN4O2S/c1-12-7-13(3-4-16(12)17)10-20-5-6-21-15(11-20)8-14(19-21)9-18-24(2,22)23/h3-4,7-8,18H,5-6,9-11H2,1-2H3. The summed E-state index contributed by atoms with van der Waals surface area (Å²) in [5.41, 5.74) is 3.52. The molecule has 0 atom stereocenters. The van der Waals surface area contributed by atoms with E-state index >= 15 is 0 Å². The van der Waals surface area contributed by atoms with Gasteiger partial charge in [-0.3, -0.25) is 9.58 Å². The van der Waals surface area contributed by atoms with Gasteiger partial charge in [0.15, 0.2) is 0 Å². The fraction of sp³-hybridized carbons (Fsp3) is 0.438. The number of rotatable bonds is 5. The van der Waals surface area contributed by atoms with Gasteiger partial charge in [-0.05, 0) is 30.2 Å². The highest BCUT2D eigenvalue weighted by molar-refractivity contribution is 7.88. The zero-order valence-corrected chi connectivity index (χ0v) is 14.6. The third kappa shape index (κ3) is 4.19. The summed E-state index contributed by atoms with van der Waals surface area (Å²) in [4.78, 5) is 2.28. The number of aromatic nitrogens is 2. The van der Waals surface area contributed by atoms with Crippen molar-refractivity contribution in [3.63, 3.8) is 0 Å². The van der Waals surface area contributed by atoms with Crippen molar-refractivity contribution in [2.75, 3.05) is 12.8 Å². The number of hydrogen-bond acceptors (Lipinski definition) is 4. The zero-order chi connectivity index (χ0) is 17.3. The summed E-state index contributed by atoms with van der Waals surface area (Å²) in [5, 5.41) is 4.43. The van der Waals surface area contributed by atoms with Crippen LogP contribution in [-0.4, -0.2) is 35.9 Å². The van der Waals surface area contributed by atoms with E-state index < -0.39 is 10.0 Å². The van der Waals surface area contributed by atoms with Crippen molar-refractivity contribution in [2.45, 2.75) is 33.1 Å². The Morgan fingerprint density at radius 2 is 2.08 bits per heavy atom. The molecule has 2 heterocycles. The quantitative estimate of drug-likeness (QED) is 0.883. The Hall–Kier alpha value is -1.77. The number of sulfonamides is 1. The summed E-state index contributed by atoms with van der Waals surface area (Å²) in [6, 6.07) is 7.13. The van der Waals surface area contributed by atoms with E-state index in [9.17, 15) is 12.8 Å². The van der Waals surface area contributed by atoms with Gasteiger partial charge in [0.25, 0.3) is 0 Å². The molecular weight excluding hydrogens is 331 g/mol. The van der Waals surface area contributed by atoms with Crippen molar-refractivity contribution >= 4 is 10.0 Å². The molecule has 1 aliphatic heterocycles. The first-order valence-electron chi connectivity index (χ1n) is 7.78. The molecule has 130 valence electrons. The first kappa shape index (κ1) is 17.1. The van der Waals surface area contributed by atoms with E-state index in [1.54, 1.807) is 6.92 Å². The van der Waals surface area contributed by atoms with Crippen LogP contribution in [0, 0.1) is 12.7 Å². The van der Waals surface area contributed by atoms with Crippen molar-refractivity contribution in [3.8, 4) is 0 Å². The largest absolute Gasteiger partial charge is 0.291 e. The Morgan fingerprint density at radius 3 is 2.79 bits per heavy atom. The molecule has 6 nitrogen and oxygen atoms in total. The molecule has 0 amide bonds. The average Bonchev–Trinajstić information content (AvgIpc) is 2.90. The van der Waals surface area contributed by atoms with E-state index in [0.29, 0.717) is 5.56 Å². The highest BCUT2D eigenvalue weighted by Gasteiger charge is 2.19. The molecule has 24 heavy (non-hydrogen) atoms. The van der Waals surface area contributed by atoms with Crippen molar-refractivity contribution in [3.05, 3.63) is 52.6 Å². The maximum Gasteiger partial charge on any atom is 0.209 e. The molecule has 0 saturated carbocycles. The highest BCUT2D eigenvalue weighted by atomic mass is 32.2. The van der Waals surface area contributed by atoms with Gasteiger partial charge in [0, 0.05) is 19.6 Å². The Morgan fingerprint density at radius 1 is 1.29 bits per heavy atom. The number of aryl methyl sites for hydroxylation is 1. The Labute approximate surface area is 141 Å². The van der Waals surface area contributed by atoms with Gasteiger partial charge in [0.2, 0.25) is 10.0 Å². The zero-order valence-electron chi connectivity index (χ0n) is 13.8. The Bertz CT molecular complexity index is 848. The van der Waals surface area contributed by atoms with Gasteiger partial charge < -0.3 is 0 Å². The van der Waals surface area contributed by atoms with E-state index in [1.807, 2.05) is 22.9 Å². The molecule has 0 fully saturated rings. The van der Waals surface area contributed by atoms with Gasteiger partial charge in [-0.15, -0.1) is 0 Å². The minimum Gasteiger partial charge on any atom is -0.291 e. The lowest BCUT2D eigenvalue weighted by Crippen LogP contribution is -2.33. The van der Waals surface area contributed by atoms with Crippen LogP contribution in [-0.2, 0) is 36.2 Å². The van der Waals surface area contributed by atoms with Gasteiger partial charge in [-0.1, -0.05) is 12.1 Å². The molecule has 1 aliphatic rings. The lowest BCUT2D eigenvalue weighted by Gasteiger charge is -2.27. The second kappa shape index (κ2) is 6.62. The van der Waals surface area contributed by atoms with Crippen LogP contribution in [0.15, 0.2) is 24.3 Å². The third-order valence-electron chi connectivity index (χ3n) is 4.07. The monoisotopic (exact) mass is 352 g/mol. The predicted octanol–water partition coefficient (Wildman–Crippen LogP) is 1.40. The maximum atomic E-state index is 13.4. The molecule has 0 spiro atoms. The molecule has 1 N–H and O–H groups in total. The first-order chi connectivity index (χ1) is 11.3. The van der Waals surface area contributed by atoms with Gasteiger partial charge in [-0.25, -0.2) is 17.5 Å². The number of nitrogens with one attached hydrogen (secondary N) is 1. The molecule has 0 unspecified atom stereocenters. The van der Waals surface area contributed by atoms with Crippen LogP contribution in [0.4, 0.5) is 4.39 Å². The summed E-state index contributed by atoms with van der Waals surface area (Å²) in [7, 11) is -3.22. The second-order valence-electron chi connectivity index (χ2n) is 6.24. The average molecular weight is 352 g/mol. The van der Waals surface area contributed by atoms with Gasteiger partial charge in [0.05, 0.1) is 30.7 Å². The molecule has 3 rings (SSSR count).